The lowest BCUT2D eigenvalue weighted by molar-refractivity contribution is -0.115. The summed E-state index contributed by atoms with van der Waals surface area (Å²) >= 11 is 0. The number of amides is 1. The zero-order valence-corrected chi connectivity index (χ0v) is 16.6. The molecule has 1 fully saturated rings. The molecule has 6 heteroatoms. The lowest BCUT2D eigenvalue weighted by Crippen LogP contribution is -2.46. The minimum Gasteiger partial charge on any atom is -0.368 e. The Kier molecular flexibility index (Phi) is 5.70. The molecule has 0 unspecified atom stereocenters. The van der Waals surface area contributed by atoms with Crippen molar-refractivity contribution < 1.29 is 4.79 Å². The summed E-state index contributed by atoms with van der Waals surface area (Å²) < 4.78 is 0. The molecule has 0 radical (unpaired) electrons. The Morgan fingerprint density at radius 1 is 0.862 bits per heavy atom. The maximum absolute atomic E-state index is 12.3. The van der Waals surface area contributed by atoms with Gasteiger partial charge in [-0.05, 0) is 42.3 Å². The van der Waals surface area contributed by atoms with Crippen molar-refractivity contribution in [3.63, 3.8) is 0 Å². The number of carbonyl (C=O) groups is 1. The number of hydrogen-bond acceptors (Lipinski definition) is 5. The normalized spacial score (nSPS) is 14.0. The Balaban J connectivity index is 1.31. The van der Waals surface area contributed by atoms with E-state index in [0.717, 1.165) is 43.1 Å². The smallest absolute Gasteiger partial charge is 0.230 e. The standard InChI is InChI=1S/C23H25N5O/c1-18-7-5-6-8-19(18)17-23(29)24-21-11-12-22(26-25-21)28-15-13-27(14-16-28)20-9-3-2-4-10-20/h2-12H,13-17H2,1H3,(H,24,25,29). The number of aryl methyl sites for hydroxylation is 1. The van der Waals surface area contributed by atoms with Gasteiger partial charge in [-0.2, -0.15) is 0 Å². The summed E-state index contributed by atoms with van der Waals surface area (Å²) in [6, 6.07) is 22.1. The van der Waals surface area contributed by atoms with Crippen LogP contribution in [0.25, 0.3) is 0 Å². The third-order valence-electron chi connectivity index (χ3n) is 5.26. The van der Waals surface area contributed by atoms with Crippen LogP contribution in [0.3, 0.4) is 0 Å². The van der Waals surface area contributed by atoms with Crippen LogP contribution in [0, 0.1) is 6.92 Å². The van der Waals surface area contributed by atoms with E-state index in [1.54, 1.807) is 0 Å². The highest BCUT2D eigenvalue weighted by molar-refractivity contribution is 5.91. The van der Waals surface area contributed by atoms with Gasteiger partial charge in [-0.1, -0.05) is 42.5 Å². The van der Waals surface area contributed by atoms with Gasteiger partial charge in [-0.3, -0.25) is 4.79 Å². The number of aromatic nitrogens is 2. The van der Waals surface area contributed by atoms with Gasteiger partial charge in [-0.25, -0.2) is 0 Å². The molecule has 0 saturated carbocycles. The number of nitrogens with zero attached hydrogens (tertiary/aromatic N) is 4. The number of para-hydroxylation sites is 1. The molecule has 0 aliphatic carbocycles. The molecule has 29 heavy (non-hydrogen) atoms. The fourth-order valence-corrected chi connectivity index (χ4v) is 3.56. The summed E-state index contributed by atoms with van der Waals surface area (Å²) in [5, 5.41) is 11.4. The molecule has 0 spiro atoms. The van der Waals surface area contributed by atoms with Gasteiger partial charge in [0.2, 0.25) is 5.91 Å². The van der Waals surface area contributed by atoms with Crippen LogP contribution in [-0.4, -0.2) is 42.3 Å². The van der Waals surface area contributed by atoms with Crippen molar-refractivity contribution in [2.45, 2.75) is 13.3 Å². The largest absolute Gasteiger partial charge is 0.368 e. The fourth-order valence-electron chi connectivity index (χ4n) is 3.56. The molecule has 1 aromatic heterocycles. The minimum atomic E-state index is -0.0853. The van der Waals surface area contributed by atoms with Crippen molar-refractivity contribution in [1.82, 2.24) is 10.2 Å². The first-order valence-electron chi connectivity index (χ1n) is 9.92. The average Bonchev–Trinajstić information content (AvgIpc) is 2.77. The SMILES string of the molecule is Cc1ccccc1CC(=O)Nc1ccc(N2CCN(c3ccccc3)CC2)nn1. The van der Waals surface area contributed by atoms with Crippen molar-refractivity contribution in [3.8, 4) is 0 Å². The molecule has 0 bridgehead atoms. The number of nitrogens with one attached hydrogen (secondary N) is 1. The van der Waals surface area contributed by atoms with Crippen molar-refractivity contribution in [2.75, 3.05) is 41.3 Å². The van der Waals surface area contributed by atoms with E-state index in [4.69, 9.17) is 0 Å². The van der Waals surface area contributed by atoms with Gasteiger partial charge in [-0.15, -0.1) is 10.2 Å². The third-order valence-corrected chi connectivity index (χ3v) is 5.26. The molecule has 3 aromatic rings. The molecular formula is C23H25N5O. The summed E-state index contributed by atoms with van der Waals surface area (Å²) in [7, 11) is 0. The molecule has 1 amide bonds. The highest BCUT2D eigenvalue weighted by atomic mass is 16.1. The van der Waals surface area contributed by atoms with Gasteiger partial charge >= 0.3 is 0 Å². The third kappa shape index (κ3) is 4.71. The lowest BCUT2D eigenvalue weighted by Gasteiger charge is -2.36. The molecule has 2 heterocycles. The number of anilines is 3. The Morgan fingerprint density at radius 3 is 2.24 bits per heavy atom. The topological polar surface area (TPSA) is 61.4 Å². The molecule has 1 saturated heterocycles. The number of benzene rings is 2. The minimum absolute atomic E-state index is 0.0853. The maximum Gasteiger partial charge on any atom is 0.230 e. The Labute approximate surface area is 171 Å². The number of piperazine rings is 1. The molecule has 148 valence electrons. The highest BCUT2D eigenvalue weighted by Gasteiger charge is 2.18. The van der Waals surface area contributed by atoms with Crippen LogP contribution >= 0.6 is 0 Å². The van der Waals surface area contributed by atoms with Crippen LogP contribution in [0.5, 0.6) is 0 Å². The number of carbonyl (C=O) groups excluding carboxylic acids is 1. The van der Waals surface area contributed by atoms with Crippen molar-refractivity contribution in [3.05, 3.63) is 77.9 Å². The summed E-state index contributed by atoms with van der Waals surface area (Å²) in [5.74, 6) is 1.24. The van der Waals surface area contributed by atoms with Crippen LogP contribution in [0.1, 0.15) is 11.1 Å². The van der Waals surface area contributed by atoms with Crippen LogP contribution in [0.4, 0.5) is 17.3 Å². The van der Waals surface area contributed by atoms with Gasteiger partial charge in [0.1, 0.15) is 0 Å². The second-order valence-corrected chi connectivity index (χ2v) is 7.24. The Morgan fingerprint density at radius 2 is 1.55 bits per heavy atom. The van der Waals surface area contributed by atoms with E-state index in [9.17, 15) is 4.79 Å². The molecule has 1 aliphatic heterocycles. The molecule has 4 rings (SSSR count). The van der Waals surface area contributed by atoms with E-state index in [1.807, 2.05) is 49.4 Å². The second kappa shape index (κ2) is 8.73. The predicted molar refractivity (Wildman–Crippen MR) is 116 cm³/mol. The van der Waals surface area contributed by atoms with E-state index in [2.05, 4.69) is 49.6 Å². The van der Waals surface area contributed by atoms with Gasteiger partial charge in [0, 0.05) is 31.9 Å². The molecular weight excluding hydrogens is 362 g/mol. The zero-order chi connectivity index (χ0) is 20.1. The summed E-state index contributed by atoms with van der Waals surface area (Å²) in [6.45, 7) is 5.68. The maximum atomic E-state index is 12.3. The van der Waals surface area contributed by atoms with Gasteiger partial charge in [0.15, 0.2) is 11.6 Å². The first-order chi connectivity index (χ1) is 14.2. The van der Waals surface area contributed by atoms with Gasteiger partial charge in [0.05, 0.1) is 6.42 Å². The summed E-state index contributed by atoms with van der Waals surface area (Å²) in [5.41, 5.74) is 3.38. The quantitative estimate of drug-likeness (QED) is 0.728. The van der Waals surface area contributed by atoms with E-state index < -0.39 is 0 Å². The first kappa shape index (κ1) is 18.9. The van der Waals surface area contributed by atoms with Crippen molar-refractivity contribution >= 4 is 23.2 Å². The zero-order valence-electron chi connectivity index (χ0n) is 16.6. The van der Waals surface area contributed by atoms with E-state index in [0.29, 0.717) is 12.2 Å². The molecule has 1 aliphatic rings. The first-order valence-corrected chi connectivity index (χ1v) is 9.92. The lowest BCUT2D eigenvalue weighted by atomic mass is 10.1. The monoisotopic (exact) mass is 387 g/mol. The van der Waals surface area contributed by atoms with Crippen molar-refractivity contribution in [1.29, 1.82) is 0 Å². The predicted octanol–water partition coefficient (Wildman–Crippen LogP) is 3.29. The molecule has 2 aromatic carbocycles. The Bertz CT molecular complexity index is 951. The highest BCUT2D eigenvalue weighted by Crippen LogP contribution is 2.19. The van der Waals surface area contributed by atoms with Crippen LogP contribution in [0.15, 0.2) is 66.7 Å². The van der Waals surface area contributed by atoms with Gasteiger partial charge in [0.25, 0.3) is 0 Å². The number of rotatable bonds is 5. The van der Waals surface area contributed by atoms with Crippen LogP contribution in [0.2, 0.25) is 0 Å². The van der Waals surface area contributed by atoms with E-state index in [-0.39, 0.29) is 5.91 Å². The Hall–Kier alpha value is -3.41. The molecule has 0 atom stereocenters. The van der Waals surface area contributed by atoms with Crippen molar-refractivity contribution in [2.24, 2.45) is 0 Å². The average molecular weight is 387 g/mol. The summed E-state index contributed by atoms with van der Waals surface area (Å²) in [4.78, 5) is 16.9. The van der Waals surface area contributed by atoms with Crippen LogP contribution in [-0.2, 0) is 11.2 Å². The molecule has 6 nitrogen and oxygen atoms in total. The van der Waals surface area contributed by atoms with Gasteiger partial charge < -0.3 is 15.1 Å². The second-order valence-electron chi connectivity index (χ2n) is 7.24. The summed E-state index contributed by atoms with van der Waals surface area (Å²) in [6.07, 6.45) is 0.331. The van der Waals surface area contributed by atoms with E-state index >= 15 is 0 Å². The number of hydrogen-bond donors (Lipinski definition) is 1. The van der Waals surface area contributed by atoms with E-state index in [1.165, 1.54) is 5.69 Å². The molecule has 1 N–H and O–H groups in total. The fraction of sp³-hybridized carbons (Fsp3) is 0.261. The van der Waals surface area contributed by atoms with Crippen LogP contribution < -0.4 is 15.1 Å².